The molecule has 5 nitrogen and oxygen atoms in total. The van der Waals surface area contributed by atoms with Gasteiger partial charge in [-0.2, -0.15) is 0 Å². The average molecular weight is 280 g/mol. The third-order valence-corrected chi connectivity index (χ3v) is 3.96. The largest absolute Gasteiger partial charge is 0.394 e. The Bertz CT molecular complexity index is 433. The van der Waals surface area contributed by atoms with E-state index in [9.17, 15) is 5.11 Å². The molecule has 5 heteroatoms. The lowest BCUT2D eigenvalue weighted by atomic mass is 9.93. The maximum absolute atomic E-state index is 9.71. The Balaban J connectivity index is 3.25. The van der Waals surface area contributed by atoms with Crippen molar-refractivity contribution in [2.75, 3.05) is 24.3 Å². The van der Waals surface area contributed by atoms with E-state index in [1.165, 1.54) is 0 Å². The number of rotatable bonds is 7. The van der Waals surface area contributed by atoms with Crippen LogP contribution in [0.25, 0.3) is 0 Å². The molecule has 0 bridgehead atoms. The van der Waals surface area contributed by atoms with Crippen LogP contribution in [0, 0.1) is 6.92 Å². The summed E-state index contributed by atoms with van der Waals surface area (Å²) in [5.41, 5.74) is 0.662. The van der Waals surface area contributed by atoms with E-state index in [-0.39, 0.29) is 18.1 Å². The first-order valence-corrected chi connectivity index (χ1v) is 7.38. The minimum absolute atomic E-state index is 0.0926. The zero-order valence-corrected chi connectivity index (χ0v) is 13.5. The van der Waals surface area contributed by atoms with Crippen molar-refractivity contribution in [1.82, 2.24) is 9.97 Å². The van der Waals surface area contributed by atoms with Crippen molar-refractivity contribution in [3.05, 3.63) is 11.4 Å². The summed E-state index contributed by atoms with van der Waals surface area (Å²) in [5, 5.41) is 16.3. The molecule has 0 aromatic carbocycles. The van der Waals surface area contributed by atoms with Crippen molar-refractivity contribution in [1.29, 1.82) is 0 Å². The number of aromatic nitrogens is 2. The number of nitrogens with zero attached hydrogens (tertiary/aromatic N) is 2. The fraction of sp³-hybridized carbons (Fsp3) is 0.733. The number of nitrogens with one attached hydrogen (secondary N) is 2. The topological polar surface area (TPSA) is 70.1 Å². The summed E-state index contributed by atoms with van der Waals surface area (Å²) >= 11 is 0. The zero-order chi connectivity index (χ0) is 15.3. The molecule has 0 unspecified atom stereocenters. The highest BCUT2D eigenvalue weighted by atomic mass is 16.3. The molecule has 0 aliphatic heterocycles. The van der Waals surface area contributed by atoms with Crippen LogP contribution in [0.5, 0.6) is 0 Å². The number of anilines is 2. The van der Waals surface area contributed by atoms with Gasteiger partial charge in [0.1, 0.15) is 17.5 Å². The summed E-state index contributed by atoms with van der Waals surface area (Å²) in [5.74, 6) is 2.72. The predicted molar refractivity (Wildman–Crippen MR) is 84.4 cm³/mol. The molecular formula is C15H28N4O. The molecule has 1 aromatic heterocycles. The van der Waals surface area contributed by atoms with Crippen LogP contribution in [0.2, 0.25) is 0 Å². The van der Waals surface area contributed by atoms with E-state index in [0.29, 0.717) is 0 Å². The van der Waals surface area contributed by atoms with Gasteiger partial charge in [-0.15, -0.1) is 0 Å². The maximum Gasteiger partial charge on any atom is 0.135 e. The van der Waals surface area contributed by atoms with Crippen LogP contribution in [0.3, 0.4) is 0 Å². The Labute approximate surface area is 122 Å². The third kappa shape index (κ3) is 3.39. The summed E-state index contributed by atoms with van der Waals surface area (Å²) in [7, 11) is 1.86. The van der Waals surface area contributed by atoms with Gasteiger partial charge in [-0.25, -0.2) is 9.97 Å². The molecule has 0 aliphatic carbocycles. The van der Waals surface area contributed by atoms with E-state index in [4.69, 9.17) is 0 Å². The number of hydrogen-bond acceptors (Lipinski definition) is 5. The molecule has 0 aliphatic rings. The van der Waals surface area contributed by atoms with Crippen molar-refractivity contribution < 1.29 is 5.11 Å². The lowest BCUT2D eigenvalue weighted by Gasteiger charge is -2.32. The van der Waals surface area contributed by atoms with E-state index >= 15 is 0 Å². The second-order valence-electron chi connectivity index (χ2n) is 5.58. The van der Waals surface area contributed by atoms with E-state index < -0.39 is 0 Å². The maximum atomic E-state index is 9.71. The molecule has 1 aromatic rings. The van der Waals surface area contributed by atoms with Gasteiger partial charge in [0, 0.05) is 18.5 Å². The van der Waals surface area contributed by atoms with Gasteiger partial charge in [0.25, 0.3) is 0 Å². The quantitative estimate of drug-likeness (QED) is 0.716. The minimum atomic E-state index is -0.321. The van der Waals surface area contributed by atoms with Crippen LogP contribution in [0.15, 0.2) is 0 Å². The van der Waals surface area contributed by atoms with Crippen LogP contribution in [-0.2, 0) is 0 Å². The highest BCUT2D eigenvalue weighted by Gasteiger charge is 2.27. The molecule has 20 heavy (non-hydrogen) atoms. The van der Waals surface area contributed by atoms with Gasteiger partial charge in [0.05, 0.1) is 12.1 Å². The number of aliphatic hydroxyl groups is 1. The smallest absolute Gasteiger partial charge is 0.135 e. The van der Waals surface area contributed by atoms with Gasteiger partial charge in [0.15, 0.2) is 0 Å². The summed E-state index contributed by atoms with van der Waals surface area (Å²) in [6, 6.07) is 0. The Morgan fingerprint density at radius 3 is 2.10 bits per heavy atom. The van der Waals surface area contributed by atoms with Gasteiger partial charge < -0.3 is 15.7 Å². The van der Waals surface area contributed by atoms with Crippen LogP contribution >= 0.6 is 0 Å². The van der Waals surface area contributed by atoms with Crippen molar-refractivity contribution in [2.24, 2.45) is 0 Å². The Morgan fingerprint density at radius 2 is 1.70 bits per heavy atom. The minimum Gasteiger partial charge on any atom is -0.394 e. The van der Waals surface area contributed by atoms with Gasteiger partial charge in [-0.1, -0.05) is 27.7 Å². The Hall–Kier alpha value is -1.36. The van der Waals surface area contributed by atoms with E-state index in [1.54, 1.807) is 0 Å². The number of aliphatic hydroxyl groups excluding tert-OH is 1. The average Bonchev–Trinajstić information content (AvgIpc) is 2.46. The van der Waals surface area contributed by atoms with Crippen molar-refractivity contribution >= 4 is 11.6 Å². The lowest BCUT2D eigenvalue weighted by molar-refractivity contribution is 0.202. The third-order valence-electron chi connectivity index (χ3n) is 3.96. The first-order chi connectivity index (χ1) is 9.42. The first kappa shape index (κ1) is 16.7. The molecule has 0 radical (unpaired) electrons. The molecule has 0 saturated carbocycles. The number of hydrogen-bond donors (Lipinski definition) is 3. The lowest BCUT2D eigenvalue weighted by Crippen LogP contribution is -2.41. The summed E-state index contributed by atoms with van der Waals surface area (Å²) in [4.78, 5) is 9.17. The molecule has 0 atom stereocenters. The molecule has 0 spiro atoms. The van der Waals surface area contributed by atoms with Crippen LogP contribution in [0.4, 0.5) is 11.6 Å². The monoisotopic (exact) mass is 280 g/mol. The van der Waals surface area contributed by atoms with Gasteiger partial charge in [-0.3, -0.25) is 0 Å². The van der Waals surface area contributed by atoms with Gasteiger partial charge in [0.2, 0.25) is 0 Å². The fourth-order valence-corrected chi connectivity index (χ4v) is 2.10. The highest BCUT2D eigenvalue weighted by molar-refractivity contribution is 5.58. The van der Waals surface area contributed by atoms with E-state index in [2.05, 4.69) is 48.3 Å². The SMILES string of the molecule is CCC(CC)(CO)Nc1nc(C(C)C)nc(NC)c1C. The van der Waals surface area contributed by atoms with Crippen molar-refractivity contribution in [2.45, 2.75) is 58.9 Å². The van der Waals surface area contributed by atoms with Crippen LogP contribution in [-0.4, -0.2) is 34.3 Å². The standard InChI is InChI=1S/C15H28N4O/c1-7-15(8-2,9-20)19-14-11(5)13(16-6)17-12(18-14)10(3)4/h10,20H,7-9H2,1-6H3,(H2,16,17,18,19). The first-order valence-electron chi connectivity index (χ1n) is 7.38. The molecule has 0 saturated heterocycles. The van der Waals surface area contributed by atoms with E-state index in [0.717, 1.165) is 35.9 Å². The molecular weight excluding hydrogens is 252 g/mol. The molecule has 1 rings (SSSR count). The van der Waals surface area contributed by atoms with Crippen molar-refractivity contribution in [3.8, 4) is 0 Å². The van der Waals surface area contributed by atoms with Gasteiger partial charge in [-0.05, 0) is 19.8 Å². The molecule has 3 N–H and O–H groups in total. The molecule has 114 valence electrons. The van der Waals surface area contributed by atoms with Crippen LogP contribution < -0.4 is 10.6 Å². The predicted octanol–water partition coefficient (Wildman–Crippen LogP) is 2.91. The normalized spacial score (nSPS) is 11.8. The summed E-state index contributed by atoms with van der Waals surface area (Å²) < 4.78 is 0. The summed E-state index contributed by atoms with van der Waals surface area (Å²) in [6.45, 7) is 10.4. The second kappa shape index (κ2) is 6.88. The van der Waals surface area contributed by atoms with Gasteiger partial charge >= 0.3 is 0 Å². The summed E-state index contributed by atoms with van der Waals surface area (Å²) in [6.07, 6.45) is 1.69. The molecule has 1 heterocycles. The second-order valence-corrected chi connectivity index (χ2v) is 5.58. The Morgan fingerprint density at radius 1 is 1.15 bits per heavy atom. The fourth-order valence-electron chi connectivity index (χ4n) is 2.10. The highest BCUT2D eigenvalue weighted by Crippen LogP contribution is 2.27. The van der Waals surface area contributed by atoms with E-state index in [1.807, 2.05) is 14.0 Å². The Kier molecular flexibility index (Phi) is 5.74. The molecule has 0 amide bonds. The zero-order valence-electron chi connectivity index (χ0n) is 13.5. The molecule has 0 fully saturated rings. The van der Waals surface area contributed by atoms with Crippen molar-refractivity contribution in [3.63, 3.8) is 0 Å². The van der Waals surface area contributed by atoms with Crippen LogP contribution in [0.1, 0.15) is 57.8 Å².